The lowest BCUT2D eigenvalue weighted by Gasteiger charge is -2.18. The highest BCUT2D eigenvalue weighted by atomic mass is 16.5. The molecule has 35 heavy (non-hydrogen) atoms. The third-order valence-electron chi connectivity index (χ3n) is 5.21. The van der Waals surface area contributed by atoms with Crippen LogP contribution in [0.1, 0.15) is 58.3 Å². The molecule has 0 saturated carbocycles. The Bertz CT molecular complexity index is 607. The van der Waals surface area contributed by atoms with Crippen LogP contribution in [0, 0.1) is 5.92 Å². The van der Waals surface area contributed by atoms with Gasteiger partial charge in [-0.05, 0) is 32.1 Å². The van der Waals surface area contributed by atoms with E-state index in [-0.39, 0.29) is 36.5 Å². The lowest BCUT2D eigenvalue weighted by Crippen LogP contribution is -2.46. The van der Waals surface area contributed by atoms with Crippen LogP contribution >= 0.6 is 0 Å². The van der Waals surface area contributed by atoms with Gasteiger partial charge in [0.1, 0.15) is 6.04 Å². The molecule has 0 aliphatic carbocycles. The molecule has 0 aliphatic heterocycles. The van der Waals surface area contributed by atoms with Gasteiger partial charge in [-0.2, -0.15) is 0 Å². The van der Waals surface area contributed by atoms with Gasteiger partial charge in [-0.3, -0.25) is 19.2 Å². The number of unbranched alkanes of at least 4 members (excludes halogenated alkanes) is 2. The number of carbonyl (C=O) groups excluding carboxylic acids is 4. The van der Waals surface area contributed by atoms with Crippen molar-refractivity contribution in [1.29, 1.82) is 0 Å². The quantitative estimate of drug-likeness (QED) is 0.0944. The number of amides is 4. The Kier molecular flexibility index (Phi) is 20.8. The lowest BCUT2D eigenvalue weighted by atomic mass is 10.0. The molecule has 0 radical (unpaired) electrons. The number of nitrogens with one attached hydrogen (secondary N) is 3. The first-order valence-corrected chi connectivity index (χ1v) is 12.5. The van der Waals surface area contributed by atoms with Gasteiger partial charge >= 0.3 is 0 Å². The Balaban J connectivity index is 3.91. The third-order valence-corrected chi connectivity index (χ3v) is 5.21. The molecular formula is C23H46N6O6. The van der Waals surface area contributed by atoms with Crippen molar-refractivity contribution in [2.45, 2.75) is 64.3 Å². The van der Waals surface area contributed by atoms with E-state index >= 15 is 0 Å². The molecule has 2 unspecified atom stereocenters. The second-order valence-electron chi connectivity index (χ2n) is 8.36. The van der Waals surface area contributed by atoms with Crippen LogP contribution in [-0.4, -0.2) is 82.3 Å². The van der Waals surface area contributed by atoms with Gasteiger partial charge in [0.25, 0.3) is 0 Å². The Morgan fingerprint density at radius 3 is 1.89 bits per heavy atom. The van der Waals surface area contributed by atoms with Gasteiger partial charge in [0.05, 0.1) is 26.4 Å². The van der Waals surface area contributed by atoms with Crippen molar-refractivity contribution in [2.75, 3.05) is 52.6 Å². The summed E-state index contributed by atoms with van der Waals surface area (Å²) < 4.78 is 10.5. The zero-order valence-corrected chi connectivity index (χ0v) is 21.1. The molecule has 2 atom stereocenters. The highest BCUT2D eigenvalue weighted by Gasteiger charge is 2.21. The van der Waals surface area contributed by atoms with Gasteiger partial charge in [-0.15, -0.1) is 0 Å². The molecule has 9 N–H and O–H groups in total. The van der Waals surface area contributed by atoms with Crippen LogP contribution in [0.4, 0.5) is 0 Å². The molecule has 12 heteroatoms. The minimum absolute atomic E-state index is 0.0816. The van der Waals surface area contributed by atoms with Crippen LogP contribution in [-0.2, 0) is 28.7 Å². The highest BCUT2D eigenvalue weighted by molar-refractivity contribution is 5.87. The molecule has 0 fully saturated rings. The first kappa shape index (κ1) is 32.7. The molecule has 0 aromatic heterocycles. The minimum Gasteiger partial charge on any atom is -0.379 e. The average Bonchev–Trinajstić information content (AvgIpc) is 2.82. The maximum Gasteiger partial charge on any atom is 0.239 e. The van der Waals surface area contributed by atoms with E-state index in [1.165, 1.54) is 0 Å². The van der Waals surface area contributed by atoms with E-state index < -0.39 is 11.9 Å². The summed E-state index contributed by atoms with van der Waals surface area (Å²) in [6.07, 6.45) is 4.42. The van der Waals surface area contributed by atoms with E-state index in [0.717, 1.165) is 12.8 Å². The van der Waals surface area contributed by atoms with Gasteiger partial charge in [-0.25, -0.2) is 0 Å². The fourth-order valence-electron chi connectivity index (χ4n) is 3.11. The smallest absolute Gasteiger partial charge is 0.239 e. The summed E-state index contributed by atoms with van der Waals surface area (Å²) in [6.45, 7) is 5.30. The fraction of sp³-hybridized carbons (Fsp3) is 0.826. The van der Waals surface area contributed by atoms with Crippen molar-refractivity contribution in [2.24, 2.45) is 23.1 Å². The maximum atomic E-state index is 12.4. The molecule has 0 aromatic rings. The first-order valence-electron chi connectivity index (χ1n) is 12.5. The summed E-state index contributed by atoms with van der Waals surface area (Å²) in [4.78, 5) is 47.3. The summed E-state index contributed by atoms with van der Waals surface area (Å²) in [7, 11) is 0. The second-order valence-corrected chi connectivity index (χ2v) is 8.36. The molecule has 0 saturated heterocycles. The largest absolute Gasteiger partial charge is 0.379 e. The topological polar surface area (TPSA) is 201 Å². The molecule has 0 heterocycles. The van der Waals surface area contributed by atoms with E-state index in [0.29, 0.717) is 78.3 Å². The van der Waals surface area contributed by atoms with Crippen LogP contribution < -0.4 is 33.2 Å². The van der Waals surface area contributed by atoms with Gasteiger partial charge in [0.15, 0.2) is 0 Å². The monoisotopic (exact) mass is 502 g/mol. The van der Waals surface area contributed by atoms with E-state index in [2.05, 4.69) is 16.0 Å². The van der Waals surface area contributed by atoms with Crippen LogP contribution in [0.3, 0.4) is 0 Å². The predicted octanol–water partition coefficient (Wildman–Crippen LogP) is -1.10. The normalized spacial score (nSPS) is 12.5. The number of ether oxygens (including phenoxy) is 2. The van der Waals surface area contributed by atoms with Crippen molar-refractivity contribution in [3.05, 3.63) is 0 Å². The van der Waals surface area contributed by atoms with E-state index in [1.807, 2.05) is 0 Å². The second kappa shape index (κ2) is 22.2. The van der Waals surface area contributed by atoms with Crippen molar-refractivity contribution in [3.63, 3.8) is 0 Å². The average molecular weight is 503 g/mol. The van der Waals surface area contributed by atoms with Crippen molar-refractivity contribution in [1.82, 2.24) is 16.0 Å². The Morgan fingerprint density at radius 2 is 1.31 bits per heavy atom. The Hall–Kier alpha value is -2.28. The van der Waals surface area contributed by atoms with E-state index in [4.69, 9.17) is 26.7 Å². The van der Waals surface area contributed by atoms with Crippen LogP contribution in [0.5, 0.6) is 0 Å². The molecule has 0 aliphatic rings. The maximum absolute atomic E-state index is 12.4. The molecular weight excluding hydrogens is 456 g/mol. The van der Waals surface area contributed by atoms with Crippen molar-refractivity contribution < 1.29 is 28.7 Å². The Morgan fingerprint density at radius 1 is 0.743 bits per heavy atom. The summed E-state index contributed by atoms with van der Waals surface area (Å²) in [5.41, 5.74) is 16.1. The molecule has 12 nitrogen and oxygen atoms in total. The number of primary amides is 1. The Labute approximate surface area is 208 Å². The van der Waals surface area contributed by atoms with Crippen molar-refractivity contribution in [3.8, 4) is 0 Å². The summed E-state index contributed by atoms with van der Waals surface area (Å²) >= 11 is 0. The number of hydrogen-bond acceptors (Lipinski definition) is 8. The standard InChI is InChI=1S/C23H46N6O6/c1-18(6-2-4-12-28-21(31)9-14-34-16-17-35-15-11-25)23(33)29-19(22(26)32)7-3-5-13-27-20(30)8-10-24/h18-19H,2-17,24-25H2,1H3,(H2,26,32)(H,27,30)(H,28,31)(H,29,33). The molecule has 204 valence electrons. The molecule has 4 amide bonds. The van der Waals surface area contributed by atoms with Crippen LogP contribution in [0.15, 0.2) is 0 Å². The van der Waals surface area contributed by atoms with Gasteiger partial charge in [-0.1, -0.05) is 13.3 Å². The SMILES string of the molecule is CC(CCCCNC(=O)CCOCCOCCN)C(=O)NC(CCCCNC(=O)CCN)C(N)=O. The number of hydrogen-bond donors (Lipinski definition) is 6. The summed E-state index contributed by atoms with van der Waals surface area (Å²) in [6, 6.07) is -0.738. The zero-order valence-electron chi connectivity index (χ0n) is 21.1. The number of carbonyl (C=O) groups is 4. The fourth-order valence-corrected chi connectivity index (χ4v) is 3.11. The molecule has 0 bridgehead atoms. The summed E-state index contributed by atoms with van der Waals surface area (Å²) in [5.74, 6) is -1.26. The molecule has 0 aromatic carbocycles. The molecule has 0 spiro atoms. The van der Waals surface area contributed by atoms with Gasteiger partial charge in [0.2, 0.25) is 23.6 Å². The number of rotatable bonds is 23. The predicted molar refractivity (Wildman–Crippen MR) is 133 cm³/mol. The van der Waals surface area contributed by atoms with Gasteiger partial charge < -0.3 is 42.6 Å². The van der Waals surface area contributed by atoms with Crippen LogP contribution in [0.2, 0.25) is 0 Å². The third kappa shape index (κ3) is 19.7. The molecule has 0 rings (SSSR count). The minimum atomic E-state index is -0.738. The lowest BCUT2D eigenvalue weighted by molar-refractivity contribution is -0.129. The van der Waals surface area contributed by atoms with Gasteiger partial charge in [0, 0.05) is 44.9 Å². The summed E-state index contributed by atoms with van der Waals surface area (Å²) in [5, 5.41) is 8.30. The number of nitrogens with two attached hydrogens (primary N) is 3. The van der Waals surface area contributed by atoms with Crippen LogP contribution in [0.25, 0.3) is 0 Å². The van der Waals surface area contributed by atoms with E-state index in [1.54, 1.807) is 6.92 Å². The zero-order chi connectivity index (χ0) is 26.3. The highest BCUT2D eigenvalue weighted by Crippen LogP contribution is 2.09. The first-order chi connectivity index (χ1) is 16.8. The van der Waals surface area contributed by atoms with E-state index in [9.17, 15) is 19.2 Å². The van der Waals surface area contributed by atoms with Crippen molar-refractivity contribution >= 4 is 23.6 Å².